The maximum atomic E-state index is 12.8. The summed E-state index contributed by atoms with van der Waals surface area (Å²) in [6, 6.07) is 7.94. The van der Waals surface area contributed by atoms with Crippen LogP contribution in [-0.2, 0) is 33.7 Å². The third kappa shape index (κ3) is 5.64. The maximum absolute atomic E-state index is 12.8. The number of carbonyl (C=O) groups excluding carboxylic acids is 3. The van der Waals surface area contributed by atoms with Gasteiger partial charge in [-0.05, 0) is 48.9 Å². The molecule has 31 heavy (non-hydrogen) atoms. The number of hydrogen-bond acceptors (Lipinski definition) is 6. The molecule has 0 spiro atoms. The molecule has 1 aliphatic rings. The van der Waals surface area contributed by atoms with Gasteiger partial charge >= 0.3 is 5.97 Å². The first-order valence-corrected chi connectivity index (χ1v) is 11.2. The van der Waals surface area contributed by atoms with Crippen LogP contribution in [0.15, 0.2) is 24.3 Å². The molecule has 0 saturated heterocycles. The van der Waals surface area contributed by atoms with Crippen LogP contribution in [0.1, 0.15) is 46.1 Å². The number of hydrogen-bond donors (Lipinski definition) is 1. The molecule has 1 heterocycles. The number of ether oxygens (including phenoxy) is 1. The molecule has 1 aliphatic carbocycles. The van der Waals surface area contributed by atoms with Gasteiger partial charge in [0.05, 0.1) is 5.56 Å². The number of fused-ring (bicyclic) bond motifs is 1. The van der Waals surface area contributed by atoms with Crippen molar-refractivity contribution in [3.63, 3.8) is 0 Å². The molecule has 0 saturated carbocycles. The molecule has 1 aromatic heterocycles. The van der Waals surface area contributed by atoms with E-state index in [1.54, 1.807) is 7.05 Å². The summed E-state index contributed by atoms with van der Waals surface area (Å²) in [5, 5.41) is 3.27. The number of anilines is 2. The summed E-state index contributed by atoms with van der Waals surface area (Å²) in [5.74, 6) is -1.07. The molecule has 0 atom stereocenters. The van der Waals surface area contributed by atoms with E-state index in [0.717, 1.165) is 47.4 Å². The SMILES string of the molecule is CC(=O)Nc1sc2c(c1C(=O)OCC(=O)N(C)Cc1ccc(N(C)C)cc1)CCCC2. The van der Waals surface area contributed by atoms with E-state index in [-0.39, 0.29) is 18.4 Å². The molecule has 0 bridgehead atoms. The van der Waals surface area contributed by atoms with Gasteiger partial charge in [0, 0.05) is 45.2 Å². The third-order valence-corrected chi connectivity index (χ3v) is 6.50. The number of esters is 1. The summed E-state index contributed by atoms with van der Waals surface area (Å²) >= 11 is 1.43. The monoisotopic (exact) mass is 443 g/mol. The zero-order valence-corrected chi connectivity index (χ0v) is 19.3. The van der Waals surface area contributed by atoms with Crippen molar-refractivity contribution in [3.8, 4) is 0 Å². The fourth-order valence-electron chi connectivity index (χ4n) is 3.60. The molecule has 1 N–H and O–H groups in total. The number of rotatable bonds is 7. The molecule has 8 heteroatoms. The molecule has 166 valence electrons. The van der Waals surface area contributed by atoms with Crippen LogP contribution in [0.2, 0.25) is 0 Å². The Morgan fingerprint density at radius 3 is 2.39 bits per heavy atom. The fourth-order valence-corrected chi connectivity index (χ4v) is 4.92. The largest absolute Gasteiger partial charge is 0.452 e. The smallest absolute Gasteiger partial charge is 0.341 e. The lowest BCUT2D eigenvalue weighted by atomic mass is 9.95. The Hall–Kier alpha value is -2.87. The highest BCUT2D eigenvalue weighted by Crippen LogP contribution is 2.38. The molecule has 0 fully saturated rings. The van der Waals surface area contributed by atoms with E-state index in [0.29, 0.717) is 17.1 Å². The van der Waals surface area contributed by atoms with Crippen LogP contribution < -0.4 is 10.2 Å². The normalized spacial score (nSPS) is 12.6. The minimum absolute atomic E-state index is 0.233. The maximum Gasteiger partial charge on any atom is 0.341 e. The third-order valence-electron chi connectivity index (χ3n) is 5.29. The van der Waals surface area contributed by atoms with Crippen molar-refractivity contribution >= 4 is 39.8 Å². The zero-order chi connectivity index (χ0) is 22.5. The van der Waals surface area contributed by atoms with Crippen LogP contribution in [0.25, 0.3) is 0 Å². The second-order valence-corrected chi connectivity index (χ2v) is 9.09. The average molecular weight is 444 g/mol. The lowest BCUT2D eigenvalue weighted by Gasteiger charge is -2.19. The van der Waals surface area contributed by atoms with Crippen molar-refractivity contribution in [2.24, 2.45) is 0 Å². The Bertz CT molecular complexity index is 966. The first kappa shape index (κ1) is 22.8. The number of thiophene rings is 1. The van der Waals surface area contributed by atoms with E-state index >= 15 is 0 Å². The quantitative estimate of drug-likeness (QED) is 0.663. The Morgan fingerprint density at radius 1 is 1.06 bits per heavy atom. The van der Waals surface area contributed by atoms with Crippen molar-refractivity contribution in [3.05, 3.63) is 45.8 Å². The summed E-state index contributed by atoms with van der Waals surface area (Å²) in [6.07, 6.45) is 3.75. The Kier molecular flexibility index (Phi) is 7.33. The number of nitrogens with zero attached hydrogens (tertiary/aromatic N) is 2. The zero-order valence-electron chi connectivity index (χ0n) is 18.5. The highest BCUT2D eigenvalue weighted by molar-refractivity contribution is 7.17. The van der Waals surface area contributed by atoms with E-state index in [2.05, 4.69) is 5.32 Å². The molecular weight excluding hydrogens is 414 g/mol. The Labute approximate surface area is 187 Å². The Balaban J connectivity index is 1.62. The Morgan fingerprint density at radius 2 is 1.74 bits per heavy atom. The van der Waals surface area contributed by atoms with Crippen LogP contribution >= 0.6 is 11.3 Å². The van der Waals surface area contributed by atoms with Crippen LogP contribution in [0, 0.1) is 0 Å². The second-order valence-electron chi connectivity index (χ2n) is 7.98. The lowest BCUT2D eigenvalue weighted by molar-refractivity contribution is -0.133. The fraction of sp³-hybridized carbons (Fsp3) is 0.435. The molecular formula is C23H29N3O4S. The van der Waals surface area contributed by atoms with Crippen LogP contribution in [0.4, 0.5) is 10.7 Å². The minimum atomic E-state index is -0.555. The molecule has 2 aromatic rings. The van der Waals surface area contributed by atoms with E-state index < -0.39 is 5.97 Å². The number of carbonyl (C=O) groups is 3. The summed E-state index contributed by atoms with van der Waals surface area (Å²) in [7, 11) is 5.63. The molecule has 3 rings (SSSR count). The minimum Gasteiger partial charge on any atom is -0.452 e. The van der Waals surface area contributed by atoms with Crippen molar-refractivity contribution < 1.29 is 19.1 Å². The van der Waals surface area contributed by atoms with Crippen LogP contribution in [0.3, 0.4) is 0 Å². The van der Waals surface area contributed by atoms with Crippen molar-refractivity contribution in [2.45, 2.75) is 39.2 Å². The first-order chi connectivity index (χ1) is 14.8. The summed E-state index contributed by atoms with van der Waals surface area (Å²) in [5.41, 5.74) is 3.43. The molecule has 7 nitrogen and oxygen atoms in total. The van der Waals surface area contributed by atoms with Gasteiger partial charge in [0.1, 0.15) is 5.00 Å². The first-order valence-electron chi connectivity index (χ1n) is 10.4. The van der Waals surface area contributed by atoms with Gasteiger partial charge in [0.25, 0.3) is 5.91 Å². The van der Waals surface area contributed by atoms with Crippen LogP contribution in [-0.4, -0.2) is 50.4 Å². The highest BCUT2D eigenvalue weighted by Gasteiger charge is 2.27. The molecule has 0 unspecified atom stereocenters. The number of nitrogens with one attached hydrogen (secondary N) is 1. The number of amides is 2. The van der Waals surface area contributed by atoms with Crippen LogP contribution in [0.5, 0.6) is 0 Å². The van der Waals surface area contributed by atoms with Gasteiger partial charge in [-0.15, -0.1) is 11.3 Å². The van der Waals surface area contributed by atoms with Gasteiger partial charge in [0.2, 0.25) is 5.91 Å². The van der Waals surface area contributed by atoms with Gasteiger partial charge in [-0.1, -0.05) is 12.1 Å². The standard InChI is InChI=1S/C23H29N3O4S/c1-15(27)24-22-21(18-7-5-6-8-19(18)31-22)23(29)30-14-20(28)26(4)13-16-9-11-17(12-10-16)25(2)3/h9-12H,5-8,13-14H2,1-4H3,(H,24,27). The number of likely N-dealkylation sites (N-methyl/N-ethyl adjacent to an activating group) is 1. The number of benzene rings is 1. The van der Waals surface area contributed by atoms with Crippen molar-refractivity contribution in [2.75, 3.05) is 38.0 Å². The predicted octanol–water partition coefficient (Wildman–Crippen LogP) is 3.47. The summed E-state index contributed by atoms with van der Waals surface area (Å²) in [4.78, 5) is 41.6. The highest BCUT2D eigenvalue weighted by atomic mass is 32.1. The molecule has 0 radical (unpaired) electrons. The number of aryl methyl sites for hydroxylation is 1. The lowest BCUT2D eigenvalue weighted by Crippen LogP contribution is -2.31. The average Bonchev–Trinajstić information content (AvgIpc) is 3.09. The van der Waals surface area contributed by atoms with E-state index in [1.807, 2.05) is 43.3 Å². The van der Waals surface area contributed by atoms with Crippen molar-refractivity contribution in [1.29, 1.82) is 0 Å². The summed E-state index contributed by atoms with van der Waals surface area (Å²) < 4.78 is 5.36. The van der Waals surface area contributed by atoms with Gasteiger partial charge < -0.3 is 19.9 Å². The van der Waals surface area contributed by atoms with E-state index in [1.165, 1.54) is 23.2 Å². The van der Waals surface area contributed by atoms with E-state index in [9.17, 15) is 14.4 Å². The van der Waals surface area contributed by atoms with Gasteiger partial charge in [-0.3, -0.25) is 9.59 Å². The topological polar surface area (TPSA) is 78.9 Å². The molecule has 2 amide bonds. The van der Waals surface area contributed by atoms with Gasteiger partial charge in [-0.25, -0.2) is 4.79 Å². The molecule has 0 aliphatic heterocycles. The second kappa shape index (κ2) is 9.96. The van der Waals surface area contributed by atoms with Gasteiger partial charge in [-0.2, -0.15) is 0 Å². The molecule has 1 aromatic carbocycles. The van der Waals surface area contributed by atoms with Crippen molar-refractivity contribution in [1.82, 2.24) is 4.90 Å². The predicted molar refractivity (Wildman–Crippen MR) is 123 cm³/mol. The van der Waals surface area contributed by atoms with E-state index in [4.69, 9.17) is 4.74 Å². The van der Waals surface area contributed by atoms with Gasteiger partial charge in [0.15, 0.2) is 6.61 Å². The summed E-state index contributed by atoms with van der Waals surface area (Å²) in [6.45, 7) is 1.50.